The van der Waals surface area contributed by atoms with Gasteiger partial charge in [0, 0.05) is 5.75 Å². The van der Waals surface area contributed by atoms with Crippen LogP contribution in [0.15, 0.2) is 42.5 Å². The lowest BCUT2D eigenvalue weighted by atomic mass is 10.0. The van der Waals surface area contributed by atoms with Crippen LogP contribution in [0.2, 0.25) is 0 Å². The minimum absolute atomic E-state index is 0.0289. The second-order valence-corrected chi connectivity index (χ2v) is 6.75. The second kappa shape index (κ2) is 10.1. The van der Waals surface area contributed by atoms with Crippen LogP contribution in [-0.2, 0) is 10.5 Å². The summed E-state index contributed by atoms with van der Waals surface area (Å²) in [6, 6.07) is 11.9. The number of carbonyl (C=O) groups excluding carboxylic acids is 1. The lowest BCUT2D eigenvalue weighted by Crippen LogP contribution is -2.29. The number of methoxy groups -OCH3 is 2. The topological polar surface area (TPSA) is 47.6 Å². The highest BCUT2D eigenvalue weighted by molar-refractivity contribution is 7.99. The molecule has 2 aromatic carbocycles. The third-order valence-corrected chi connectivity index (χ3v) is 4.97. The van der Waals surface area contributed by atoms with E-state index in [1.54, 1.807) is 26.4 Å². The Morgan fingerprint density at radius 3 is 2.42 bits per heavy atom. The summed E-state index contributed by atoms with van der Waals surface area (Å²) < 4.78 is 23.5. The number of hydrogen-bond acceptors (Lipinski definition) is 4. The van der Waals surface area contributed by atoms with Gasteiger partial charge in [-0.05, 0) is 41.8 Å². The van der Waals surface area contributed by atoms with Gasteiger partial charge in [0.05, 0.1) is 26.0 Å². The van der Waals surface area contributed by atoms with Crippen LogP contribution < -0.4 is 14.8 Å². The van der Waals surface area contributed by atoms with Crippen molar-refractivity contribution < 1.29 is 18.7 Å². The Balaban J connectivity index is 1.90. The van der Waals surface area contributed by atoms with Gasteiger partial charge in [0.1, 0.15) is 5.82 Å². The third-order valence-electron chi connectivity index (χ3n) is 3.97. The number of amides is 1. The molecule has 2 rings (SSSR count). The van der Waals surface area contributed by atoms with Crippen molar-refractivity contribution in [2.45, 2.75) is 25.1 Å². The molecule has 0 aliphatic rings. The number of ether oxygens (including phenoxy) is 2. The number of thioether (sulfide) groups is 1. The average Bonchev–Trinajstić information content (AvgIpc) is 2.67. The standard InChI is InChI=1S/C20H24FNO3S/c1-4-17(15-7-10-18(24-2)19(11-15)25-3)22-20(23)13-26-12-14-5-8-16(21)9-6-14/h5-11,17H,4,12-13H2,1-3H3,(H,22,23). The Bertz CT molecular complexity index is 721. The SMILES string of the molecule is CCC(NC(=O)CSCc1ccc(F)cc1)c1ccc(OC)c(OC)c1. The number of rotatable bonds is 9. The summed E-state index contributed by atoms with van der Waals surface area (Å²) in [5.74, 6) is 2.04. The molecular formula is C20H24FNO3S. The Morgan fingerprint density at radius 1 is 1.12 bits per heavy atom. The van der Waals surface area contributed by atoms with Crippen molar-refractivity contribution in [2.75, 3.05) is 20.0 Å². The number of nitrogens with one attached hydrogen (secondary N) is 1. The van der Waals surface area contributed by atoms with E-state index in [0.29, 0.717) is 23.0 Å². The lowest BCUT2D eigenvalue weighted by molar-refractivity contribution is -0.119. The Morgan fingerprint density at radius 2 is 1.81 bits per heavy atom. The minimum atomic E-state index is -0.253. The van der Waals surface area contributed by atoms with Crippen LogP contribution in [0.25, 0.3) is 0 Å². The molecule has 0 saturated carbocycles. The zero-order chi connectivity index (χ0) is 18.9. The molecule has 0 bridgehead atoms. The summed E-state index contributed by atoms with van der Waals surface area (Å²) in [6.45, 7) is 2.02. The van der Waals surface area contributed by atoms with Crippen LogP contribution in [0.5, 0.6) is 11.5 Å². The Labute approximate surface area is 158 Å². The van der Waals surface area contributed by atoms with E-state index < -0.39 is 0 Å². The summed E-state index contributed by atoms with van der Waals surface area (Å²) in [5, 5.41) is 3.05. The molecule has 0 radical (unpaired) electrons. The van der Waals surface area contributed by atoms with Crippen molar-refractivity contribution >= 4 is 17.7 Å². The van der Waals surface area contributed by atoms with Gasteiger partial charge in [-0.15, -0.1) is 11.8 Å². The zero-order valence-electron chi connectivity index (χ0n) is 15.3. The summed E-state index contributed by atoms with van der Waals surface area (Å²) in [6.07, 6.45) is 0.768. The number of hydrogen-bond donors (Lipinski definition) is 1. The molecule has 0 fully saturated rings. The maximum atomic E-state index is 12.9. The monoisotopic (exact) mass is 377 g/mol. The maximum Gasteiger partial charge on any atom is 0.230 e. The van der Waals surface area contributed by atoms with Crippen molar-refractivity contribution in [2.24, 2.45) is 0 Å². The van der Waals surface area contributed by atoms with Crippen molar-refractivity contribution in [3.63, 3.8) is 0 Å². The van der Waals surface area contributed by atoms with E-state index in [9.17, 15) is 9.18 Å². The van der Waals surface area contributed by atoms with Gasteiger partial charge in [-0.1, -0.05) is 25.1 Å². The Kier molecular flexibility index (Phi) is 7.78. The molecule has 1 unspecified atom stereocenters. The molecule has 2 aromatic rings. The van der Waals surface area contributed by atoms with E-state index in [4.69, 9.17) is 9.47 Å². The normalized spacial score (nSPS) is 11.7. The number of halogens is 1. The maximum absolute atomic E-state index is 12.9. The van der Waals surface area contributed by atoms with Gasteiger partial charge in [0.25, 0.3) is 0 Å². The molecule has 4 nitrogen and oxygen atoms in total. The van der Waals surface area contributed by atoms with E-state index in [-0.39, 0.29) is 17.8 Å². The van der Waals surface area contributed by atoms with Crippen LogP contribution in [0, 0.1) is 5.82 Å². The quantitative estimate of drug-likeness (QED) is 0.706. The second-order valence-electron chi connectivity index (χ2n) is 5.76. The molecule has 1 N–H and O–H groups in total. The molecule has 0 heterocycles. The summed E-state index contributed by atoms with van der Waals surface area (Å²) in [7, 11) is 3.18. The van der Waals surface area contributed by atoms with Gasteiger partial charge in [-0.25, -0.2) is 4.39 Å². The molecule has 0 aliphatic carbocycles. The highest BCUT2D eigenvalue weighted by Gasteiger charge is 2.15. The average molecular weight is 377 g/mol. The van der Waals surface area contributed by atoms with Gasteiger partial charge in [-0.2, -0.15) is 0 Å². The molecule has 1 amide bonds. The fourth-order valence-electron chi connectivity index (χ4n) is 2.57. The van der Waals surface area contributed by atoms with Crippen LogP contribution in [-0.4, -0.2) is 25.9 Å². The summed E-state index contributed by atoms with van der Waals surface area (Å²) >= 11 is 1.50. The van der Waals surface area contributed by atoms with Crippen molar-refractivity contribution in [3.05, 3.63) is 59.4 Å². The van der Waals surface area contributed by atoms with Gasteiger partial charge in [0.2, 0.25) is 5.91 Å². The largest absolute Gasteiger partial charge is 0.493 e. The first-order chi connectivity index (χ1) is 12.6. The lowest BCUT2D eigenvalue weighted by Gasteiger charge is -2.19. The zero-order valence-corrected chi connectivity index (χ0v) is 16.1. The van der Waals surface area contributed by atoms with Gasteiger partial charge in [-0.3, -0.25) is 4.79 Å². The van der Waals surface area contributed by atoms with Crippen molar-refractivity contribution in [1.29, 1.82) is 0 Å². The van der Waals surface area contributed by atoms with Crippen LogP contribution in [0.4, 0.5) is 4.39 Å². The number of benzene rings is 2. The predicted molar refractivity (Wildman–Crippen MR) is 103 cm³/mol. The van der Waals surface area contributed by atoms with Crippen molar-refractivity contribution in [3.8, 4) is 11.5 Å². The van der Waals surface area contributed by atoms with E-state index in [2.05, 4.69) is 5.32 Å². The van der Waals surface area contributed by atoms with Gasteiger partial charge < -0.3 is 14.8 Å². The molecule has 0 aromatic heterocycles. The first-order valence-corrected chi connectivity index (χ1v) is 9.56. The van der Waals surface area contributed by atoms with Crippen molar-refractivity contribution in [1.82, 2.24) is 5.32 Å². The van der Waals surface area contributed by atoms with Gasteiger partial charge in [0.15, 0.2) is 11.5 Å². The molecule has 6 heteroatoms. The highest BCUT2D eigenvalue weighted by atomic mass is 32.2. The smallest absolute Gasteiger partial charge is 0.230 e. The van der Waals surface area contributed by atoms with Gasteiger partial charge >= 0.3 is 0 Å². The summed E-state index contributed by atoms with van der Waals surface area (Å²) in [4.78, 5) is 12.3. The van der Waals surface area contributed by atoms with E-state index in [0.717, 1.165) is 17.5 Å². The Hall–Kier alpha value is -2.21. The first kappa shape index (κ1) is 20.1. The van der Waals surface area contributed by atoms with Crippen LogP contribution in [0.3, 0.4) is 0 Å². The highest BCUT2D eigenvalue weighted by Crippen LogP contribution is 2.30. The predicted octanol–water partition coefficient (Wildman–Crippen LogP) is 4.34. The minimum Gasteiger partial charge on any atom is -0.493 e. The third kappa shape index (κ3) is 5.66. The van der Waals surface area contributed by atoms with Crippen LogP contribution >= 0.6 is 11.8 Å². The molecule has 1 atom stereocenters. The molecular weight excluding hydrogens is 353 g/mol. The summed E-state index contributed by atoms with van der Waals surface area (Å²) in [5.41, 5.74) is 1.97. The van der Waals surface area contributed by atoms with Crippen LogP contribution in [0.1, 0.15) is 30.5 Å². The molecule has 26 heavy (non-hydrogen) atoms. The van der Waals surface area contributed by atoms with E-state index in [1.807, 2.05) is 25.1 Å². The number of carbonyl (C=O) groups is 1. The van der Waals surface area contributed by atoms with E-state index in [1.165, 1.54) is 23.9 Å². The molecule has 0 saturated heterocycles. The molecule has 0 spiro atoms. The van der Waals surface area contributed by atoms with E-state index >= 15 is 0 Å². The first-order valence-electron chi connectivity index (χ1n) is 8.40. The fraction of sp³-hybridized carbons (Fsp3) is 0.350. The molecule has 0 aliphatic heterocycles. The fourth-order valence-corrected chi connectivity index (χ4v) is 3.37. The molecule has 140 valence electrons.